The van der Waals surface area contributed by atoms with E-state index < -0.39 is 0 Å². The lowest BCUT2D eigenvalue weighted by Crippen LogP contribution is -2.22. The molecule has 0 heterocycles. The van der Waals surface area contributed by atoms with Crippen molar-refractivity contribution in [2.24, 2.45) is 0 Å². The van der Waals surface area contributed by atoms with Gasteiger partial charge in [0, 0.05) is 9.37 Å². The van der Waals surface area contributed by atoms with Crippen LogP contribution in [0.15, 0.2) is 51.8 Å². The van der Waals surface area contributed by atoms with Gasteiger partial charge in [-0.05, 0) is 59.6 Å². The summed E-state index contributed by atoms with van der Waals surface area (Å²) < 4.78 is 6.28. The molecule has 2 aromatic rings. The number of ether oxygens (including phenoxy) is 1. The quantitative estimate of drug-likeness (QED) is 0.751. The van der Waals surface area contributed by atoms with Crippen LogP contribution in [0.3, 0.4) is 0 Å². The van der Waals surface area contributed by atoms with Crippen molar-refractivity contribution in [2.75, 3.05) is 12.4 Å². The van der Waals surface area contributed by atoms with Crippen LogP contribution >= 0.6 is 27.7 Å². The summed E-state index contributed by atoms with van der Waals surface area (Å²) >= 11 is 5.02. The van der Waals surface area contributed by atoms with Crippen molar-refractivity contribution in [1.82, 2.24) is 0 Å². The van der Waals surface area contributed by atoms with E-state index in [9.17, 15) is 4.79 Å². The Labute approximate surface area is 143 Å². The standard InChI is InChI=1S/C17H18BrNO2S/c1-11-8-9-15(21-3)14(10-11)19-17(20)12(2)22-16-7-5-4-6-13(16)18/h4-10,12H,1-3H3,(H,19,20). The van der Waals surface area contributed by atoms with Gasteiger partial charge in [0.2, 0.25) is 5.91 Å². The topological polar surface area (TPSA) is 38.3 Å². The molecule has 1 unspecified atom stereocenters. The first-order valence-corrected chi connectivity index (χ1v) is 8.55. The summed E-state index contributed by atoms with van der Waals surface area (Å²) in [5.41, 5.74) is 1.77. The fourth-order valence-electron chi connectivity index (χ4n) is 1.94. The van der Waals surface area contributed by atoms with Gasteiger partial charge in [-0.2, -0.15) is 0 Å². The smallest absolute Gasteiger partial charge is 0.237 e. The number of nitrogens with one attached hydrogen (secondary N) is 1. The highest BCUT2D eigenvalue weighted by atomic mass is 79.9. The highest BCUT2D eigenvalue weighted by molar-refractivity contribution is 9.10. The van der Waals surface area contributed by atoms with Gasteiger partial charge in [0.05, 0.1) is 18.0 Å². The van der Waals surface area contributed by atoms with Crippen LogP contribution in [0.2, 0.25) is 0 Å². The Kier molecular flexibility index (Phi) is 5.91. The molecule has 0 fully saturated rings. The first-order valence-electron chi connectivity index (χ1n) is 6.88. The molecule has 0 saturated carbocycles. The molecule has 0 spiro atoms. The first kappa shape index (κ1) is 16.9. The van der Waals surface area contributed by atoms with Crippen molar-refractivity contribution in [3.63, 3.8) is 0 Å². The number of carbonyl (C=O) groups is 1. The van der Waals surface area contributed by atoms with Crippen molar-refractivity contribution in [3.05, 3.63) is 52.5 Å². The fraction of sp³-hybridized carbons (Fsp3) is 0.235. The third kappa shape index (κ3) is 4.27. The Morgan fingerprint density at radius 3 is 2.68 bits per heavy atom. The predicted molar refractivity (Wildman–Crippen MR) is 95.8 cm³/mol. The molecule has 0 aromatic heterocycles. The summed E-state index contributed by atoms with van der Waals surface area (Å²) in [6.07, 6.45) is 0. The van der Waals surface area contributed by atoms with E-state index >= 15 is 0 Å². The number of hydrogen-bond acceptors (Lipinski definition) is 3. The highest BCUT2D eigenvalue weighted by Crippen LogP contribution is 2.32. The second kappa shape index (κ2) is 7.70. The molecule has 1 N–H and O–H groups in total. The lowest BCUT2D eigenvalue weighted by molar-refractivity contribution is -0.115. The molecule has 2 aromatic carbocycles. The van der Waals surface area contributed by atoms with Crippen molar-refractivity contribution >= 4 is 39.3 Å². The molecule has 22 heavy (non-hydrogen) atoms. The molecule has 0 radical (unpaired) electrons. The predicted octanol–water partition coefficient (Wildman–Crippen LogP) is 4.89. The van der Waals surface area contributed by atoms with Gasteiger partial charge in [0.25, 0.3) is 0 Å². The largest absolute Gasteiger partial charge is 0.495 e. The number of halogens is 1. The number of benzene rings is 2. The number of aryl methyl sites for hydroxylation is 1. The van der Waals surface area contributed by atoms with Crippen LogP contribution in [-0.2, 0) is 4.79 Å². The Bertz CT molecular complexity index is 675. The number of carbonyl (C=O) groups excluding carboxylic acids is 1. The summed E-state index contributed by atoms with van der Waals surface area (Å²) in [7, 11) is 1.60. The summed E-state index contributed by atoms with van der Waals surface area (Å²) in [5, 5.41) is 2.72. The minimum Gasteiger partial charge on any atom is -0.495 e. The van der Waals surface area contributed by atoms with Crippen molar-refractivity contribution in [1.29, 1.82) is 0 Å². The van der Waals surface area contributed by atoms with Crippen LogP contribution in [0.5, 0.6) is 5.75 Å². The summed E-state index contributed by atoms with van der Waals surface area (Å²) in [4.78, 5) is 13.4. The molecule has 3 nitrogen and oxygen atoms in total. The molecular formula is C17H18BrNO2S. The maximum Gasteiger partial charge on any atom is 0.237 e. The average molecular weight is 380 g/mol. The Morgan fingerprint density at radius 1 is 1.27 bits per heavy atom. The van der Waals surface area contributed by atoms with Gasteiger partial charge >= 0.3 is 0 Å². The van der Waals surface area contributed by atoms with Gasteiger partial charge in [-0.15, -0.1) is 11.8 Å². The maximum atomic E-state index is 12.4. The monoisotopic (exact) mass is 379 g/mol. The van der Waals surface area contributed by atoms with Gasteiger partial charge < -0.3 is 10.1 Å². The second-order valence-corrected chi connectivity index (χ2v) is 7.12. The van der Waals surface area contributed by atoms with E-state index in [1.165, 1.54) is 11.8 Å². The molecule has 0 aliphatic carbocycles. The van der Waals surface area contributed by atoms with Gasteiger partial charge in [-0.25, -0.2) is 0 Å². The van der Waals surface area contributed by atoms with Crippen LogP contribution < -0.4 is 10.1 Å². The van der Waals surface area contributed by atoms with Crippen LogP contribution in [0.1, 0.15) is 12.5 Å². The van der Waals surface area contributed by atoms with E-state index in [2.05, 4.69) is 21.2 Å². The minimum absolute atomic E-state index is 0.0512. The Morgan fingerprint density at radius 2 is 2.00 bits per heavy atom. The molecule has 0 saturated heterocycles. The molecule has 1 atom stereocenters. The normalized spacial score (nSPS) is 11.8. The lowest BCUT2D eigenvalue weighted by Gasteiger charge is -2.15. The van der Waals surface area contributed by atoms with Gasteiger partial charge in [-0.3, -0.25) is 4.79 Å². The molecule has 0 aliphatic rings. The van der Waals surface area contributed by atoms with Gasteiger partial charge in [0.15, 0.2) is 0 Å². The lowest BCUT2D eigenvalue weighted by atomic mass is 10.2. The number of amides is 1. The van der Waals surface area contributed by atoms with Crippen molar-refractivity contribution in [3.8, 4) is 5.75 Å². The van der Waals surface area contributed by atoms with E-state index in [0.717, 1.165) is 14.9 Å². The van der Waals surface area contributed by atoms with E-state index in [0.29, 0.717) is 11.4 Å². The van der Waals surface area contributed by atoms with Crippen LogP contribution in [0.4, 0.5) is 5.69 Å². The minimum atomic E-state index is -0.219. The van der Waals surface area contributed by atoms with E-state index in [-0.39, 0.29) is 11.2 Å². The average Bonchev–Trinajstić information content (AvgIpc) is 2.49. The first-order chi connectivity index (χ1) is 10.5. The van der Waals surface area contributed by atoms with E-state index in [1.54, 1.807) is 7.11 Å². The van der Waals surface area contributed by atoms with E-state index in [1.807, 2.05) is 56.3 Å². The summed E-state index contributed by atoms with van der Waals surface area (Å²) in [5.74, 6) is 0.613. The van der Waals surface area contributed by atoms with Crippen LogP contribution in [0, 0.1) is 6.92 Å². The SMILES string of the molecule is COc1ccc(C)cc1NC(=O)C(C)Sc1ccccc1Br. The second-order valence-electron chi connectivity index (χ2n) is 4.88. The van der Waals surface area contributed by atoms with Crippen molar-refractivity contribution in [2.45, 2.75) is 24.0 Å². The molecule has 2 rings (SSSR count). The number of methoxy groups -OCH3 is 1. The summed E-state index contributed by atoms with van der Waals surface area (Å²) in [6.45, 7) is 3.87. The zero-order chi connectivity index (χ0) is 16.1. The number of rotatable bonds is 5. The third-order valence-corrected chi connectivity index (χ3v) is 5.25. The Balaban J connectivity index is 2.09. The summed E-state index contributed by atoms with van der Waals surface area (Å²) in [6, 6.07) is 13.6. The molecule has 0 bridgehead atoms. The molecular weight excluding hydrogens is 362 g/mol. The maximum absolute atomic E-state index is 12.4. The highest BCUT2D eigenvalue weighted by Gasteiger charge is 2.17. The van der Waals surface area contributed by atoms with Gasteiger partial charge in [0.1, 0.15) is 5.75 Å². The van der Waals surface area contributed by atoms with Crippen LogP contribution in [0.25, 0.3) is 0 Å². The number of hydrogen-bond donors (Lipinski definition) is 1. The number of thioether (sulfide) groups is 1. The third-order valence-electron chi connectivity index (χ3n) is 3.12. The molecule has 5 heteroatoms. The fourth-order valence-corrected chi connectivity index (χ4v) is 3.39. The van der Waals surface area contributed by atoms with E-state index in [4.69, 9.17) is 4.74 Å². The zero-order valence-corrected chi connectivity index (χ0v) is 15.1. The Hall–Kier alpha value is -1.46. The van der Waals surface area contributed by atoms with Crippen molar-refractivity contribution < 1.29 is 9.53 Å². The van der Waals surface area contributed by atoms with Gasteiger partial charge in [-0.1, -0.05) is 18.2 Å². The molecule has 116 valence electrons. The molecule has 0 aliphatic heterocycles. The van der Waals surface area contributed by atoms with Crippen LogP contribution in [-0.4, -0.2) is 18.3 Å². The molecule has 1 amide bonds. The zero-order valence-electron chi connectivity index (χ0n) is 12.7. The number of anilines is 1.